The van der Waals surface area contributed by atoms with Crippen molar-refractivity contribution in [1.29, 1.82) is 0 Å². The molecule has 0 saturated carbocycles. The van der Waals surface area contributed by atoms with E-state index in [4.69, 9.17) is 5.73 Å². The number of amides is 1. The summed E-state index contributed by atoms with van der Waals surface area (Å²) in [5.41, 5.74) is 6.31. The fourth-order valence-electron chi connectivity index (χ4n) is 2.32. The second-order valence-corrected chi connectivity index (χ2v) is 6.24. The molecule has 1 aliphatic heterocycles. The van der Waals surface area contributed by atoms with E-state index in [9.17, 15) is 4.79 Å². The van der Waals surface area contributed by atoms with E-state index in [0.29, 0.717) is 11.4 Å². The zero-order valence-corrected chi connectivity index (χ0v) is 13.2. The highest BCUT2D eigenvalue weighted by molar-refractivity contribution is 7.13. The number of nitrogens with zero attached hydrogens (tertiary/aromatic N) is 4. The molecule has 1 aliphatic rings. The molecule has 1 amide bonds. The summed E-state index contributed by atoms with van der Waals surface area (Å²) in [4.78, 5) is 20.7. The van der Waals surface area contributed by atoms with Gasteiger partial charge in [-0.05, 0) is 11.5 Å². The van der Waals surface area contributed by atoms with E-state index in [1.807, 2.05) is 11.6 Å². The maximum Gasteiger partial charge on any atom is 0.257 e. The Labute approximate surface area is 130 Å². The summed E-state index contributed by atoms with van der Waals surface area (Å²) in [6, 6.07) is 0. The number of nitrogens with one attached hydrogen (secondary N) is 1. The van der Waals surface area contributed by atoms with Gasteiger partial charge in [0.2, 0.25) is 0 Å². The number of carbonyl (C=O) groups is 1. The molecule has 0 spiro atoms. The minimum atomic E-state index is -0.182. The highest BCUT2D eigenvalue weighted by Crippen LogP contribution is 2.31. The third-order valence-electron chi connectivity index (χ3n) is 3.41. The number of anilines is 3. The van der Waals surface area contributed by atoms with Crippen LogP contribution in [0.25, 0.3) is 0 Å². The molecule has 112 valence electrons. The Hall–Kier alpha value is -1.87. The van der Waals surface area contributed by atoms with Crippen molar-refractivity contribution >= 4 is 44.7 Å². The molecule has 1 fully saturated rings. The van der Waals surface area contributed by atoms with Gasteiger partial charge < -0.3 is 20.9 Å². The predicted octanol–water partition coefficient (Wildman–Crippen LogP) is 0.868. The van der Waals surface area contributed by atoms with Crippen LogP contribution in [0.5, 0.6) is 0 Å². The summed E-state index contributed by atoms with van der Waals surface area (Å²) in [6.45, 7) is 3.40. The minimum absolute atomic E-state index is 0.182. The lowest BCUT2D eigenvalue weighted by Gasteiger charge is -2.35. The fourth-order valence-corrected chi connectivity index (χ4v) is 3.88. The molecular weight excluding hydrogens is 308 g/mol. The summed E-state index contributed by atoms with van der Waals surface area (Å²) >= 11 is 2.93. The monoisotopic (exact) mass is 324 g/mol. The lowest BCUT2D eigenvalue weighted by atomic mass is 10.2. The lowest BCUT2D eigenvalue weighted by molar-refractivity contribution is 0.0964. The minimum Gasteiger partial charge on any atom is -0.382 e. The first-order chi connectivity index (χ1) is 10.2. The van der Waals surface area contributed by atoms with Crippen molar-refractivity contribution < 1.29 is 4.79 Å². The van der Waals surface area contributed by atoms with Gasteiger partial charge in [-0.3, -0.25) is 4.79 Å². The first-order valence-electron chi connectivity index (χ1n) is 6.57. The van der Waals surface area contributed by atoms with Gasteiger partial charge in [0.05, 0.1) is 0 Å². The van der Waals surface area contributed by atoms with Crippen LogP contribution in [-0.2, 0) is 0 Å². The molecule has 0 radical (unpaired) electrons. The standard InChI is InChI=1S/C12H16N6OS2/c1-14-10(19)8-9(13)16-21-11(8)17-3-5-18(6-4-17)12-15-2-7-20-12/h2,7H,3-6H2,1H3,(H2,13,16)(H,14,19). The Bertz CT molecular complexity index is 618. The molecule has 3 rings (SSSR count). The van der Waals surface area contributed by atoms with Crippen LogP contribution in [0.1, 0.15) is 10.4 Å². The Balaban J connectivity index is 1.74. The van der Waals surface area contributed by atoms with Gasteiger partial charge in [-0.25, -0.2) is 4.98 Å². The molecule has 21 heavy (non-hydrogen) atoms. The average Bonchev–Trinajstić information content (AvgIpc) is 3.16. The molecule has 0 unspecified atom stereocenters. The second-order valence-electron chi connectivity index (χ2n) is 4.62. The van der Waals surface area contributed by atoms with Crippen molar-refractivity contribution in [2.24, 2.45) is 0 Å². The van der Waals surface area contributed by atoms with Gasteiger partial charge in [0.25, 0.3) is 5.91 Å². The van der Waals surface area contributed by atoms with Crippen LogP contribution in [-0.4, -0.2) is 48.5 Å². The van der Waals surface area contributed by atoms with Crippen LogP contribution >= 0.6 is 22.9 Å². The smallest absolute Gasteiger partial charge is 0.257 e. The number of piperazine rings is 1. The van der Waals surface area contributed by atoms with Crippen molar-refractivity contribution in [2.75, 3.05) is 48.8 Å². The largest absolute Gasteiger partial charge is 0.382 e. The Morgan fingerprint density at radius 2 is 2.05 bits per heavy atom. The van der Waals surface area contributed by atoms with Gasteiger partial charge in [0.1, 0.15) is 10.6 Å². The summed E-state index contributed by atoms with van der Waals surface area (Å²) in [6.07, 6.45) is 1.82. The Morgan fingerprint density at radius 1 is 1.33 bits per heavy atom. The zero-order valence-electron chi connectivity index (χ0n) is 11.6. The van der Waals surface area contributed by atoms with E-state index < -0.39 is 0 Å². The van der Waals surface area contributed by atoms with Crippen molar-refractivity contribution in [3.8, 4) is 0 Å². The van der Waals surface area contributed by atoms with E-state index in [0.717, 1.165) is 36.3 Å². The topological polar surface area (TPSA) is 87.4 Å². The van der Waals surface area contributed by atoms with E-state index in [-0.39, 0.29) is 5.91 Å². The number of thiazole rings is 1. The van der Waals surface area contributed by atoms with Crippen LogP contribution < -0.4 is 20.9 Å². The summed E-state index contributed by atoms with van der Waals surface area (Å²) < 4.78 is 4.12. The number of rotatable bonds is 3. The van der Waals surface area contributed by atoms with Crippen molar-refractivity contribution in [1.82, 2.24) is 14.7 Å². The van der Waals surface area contributed by atoms with E-state index in [1.165, 1.54) is 11.5 Å². The van der Waals surface area contributed by atoms with Crippen molar-refractivity contribution in [3.05, 3.63) is 17.1 Å². The summed E-state index contributed by atoms with van der Waals surface area (Å²) in [7, 11) is 1.60. The molecule has 3 heterocycles. The van der Waals surface area contributed by atoms with Gasteiger partial charge in [0, 0.05) is 44.8 Å². The molecule has 0 aliphatic carbocycles. The normalized spacial score (nSPS) is 15.3. The number of hydrogen-bond donors (Lipinski definition) is 2. The lowest BCUT2D eigenvalue weighted by Crippen LogP contribution is -2.46. The second kappa shape index (κ2) is 5.86. The highest BCUT2D eigenvalue weighted by atomic mass is 32.1. The quantitative estimate of drug-likeness (QED) is 0.871. The van der Waals surface area contributed by atoms with Crippen LogP contribution in [0.15, 0.2) is 11.6 Å². The van der Waals surface area contributed by atoms with Gasteiger partial charge in [-0.2, -0.15) is 4.37 Å². The maximum absolute atomic E-state index is 11.9. The predicted molar refractivity (Wildman–Crippen MR) is 86.5 cm³/mol. The van der Waals surface area contributed by atoms with E-state index >= 15 is 0 Å². The fraction of sp³-hybridized carbons (Fsp3) is 0.417. The maximum atomic E-state index is 11.9. The van der Waals surface area contributed by atoms with Gasteiger partial charge >= 0.3 is 0 Å². The zero-order chi connectivity index (χ0) is 14.8. The highest BCUT2D eigenvalue weighted by Gasteiger charge is 2.26. The molecular formula is C12H16N6OS2. The molecule has 2 aromatic rings. The van der Waals surface area contributed by atoms with Gasteiger partial charge in [-0.15, -0.1) is 11.3 Å². The van der Waals surface area contributed by atoms with E-state index in [1.54, 1.807) is 18.4 Å². The molecule has 0 bridgehead atoms. The average molecular weight is 324 g/mol. The van der Waals surface area contributed by atoms with Gasteiger partial charge in [0.15, 0.2) is 10.9 Å². The molecule has 0 atom stereocenters. The Morgan fingerprint density at radius 3 is 2.67 bits per heavy atom. The third kappa shape index (κ3) is 2.66. The SMILES string of the molecule is CNC(=O)c1c(N)nsc1N1CCN(c2nccs2)CC1. The van der Waals surface area contributed by atoms with Crippen LogP contribution in [0.2, 0.25) is 0 Å². The number of carbonyl (C=O) groups excluding carboxylic acids is 1. The van der Waals surface area contributed by atoms with Crippen molar-refractivity contribution in [2.45, 2.75) is 0 Å². The first-order valence-corrected chi connectivity index (χ1v) is 8.22. The number of aromatic nitrogens is 2. The number of nitrogen functional groups attached to an aromatic ring is 1. The molecule has 9 heteroatoms. The number of nitrogens with two attached hydrogens (primary N) is 1. The van der Waals surface area contributed by atoms with Crippen LogP contribution in [0, 0.1) is 0 Å². The molecule has 0 aromatic carbocycles. The van der Waals surface area contributed by atoms with Crippen LogP contribution in [0.4, 0.5) is 16.0 Å². The first kappa shape index (κ1) is 14.1. The number of hydrogen-bond acceptors (Lipinski definition) is 8. The Kier molecular flexibility index (Phi) is 3.93. The third-order valence-corrected chi connectivity index (χ3v) is 5.17. The molecule has 1 saturated heterocycles. The van der Waals surface area contributed by atoms with E-state index in [2.05, 4.69) is 24.5 Å². The summed E-state index contributed by atoms with van der Waals surface area (Å²) in [5, 5.41) is 6.50. The van der Waals surface area contributed by atoms with Crippen LogP contribution in [0.3, 0.4) is 0 Å². The molecule has 3 N–H and O–H groups in total. The van der Waals surface area contributed by atoms with Gasteiger partial charge in [-0.1, -0.05) is 0 Å². The summed E-state index contributed by atoms with van der Waals surface area (Å²) in [5.74, 6) is 0.121. The molecule has 2 aromatic heterocycles. The molecule has 7 nitrogen and oxygen atoms in total. The van der Waals surface area contributed by atoms with Crippen molar-refractivity contribution in [3.63, 3.8) is 0 Å².